The summed E-state index contributed by atoms with van der Waals surface area (Å²) in [5.74, 6) is 0.651. The molecule has 0 aromatic heterocycles. The first kappa shape index (κ1) is 20.6. The van der Waals surface area contributed by atoms with Crippen molar-refractivity contribution in [3.63, 3.8) is 0 Å². The third-order valence-corrected chi connectivity index (χ3v) is 6.34. The molecule has 2 aliphatic rings. The highest BCUT2D eigenvalue weighted by atomic mass is 16.2. The number of carbonyl (C=O) groups is 2. The molecule has 2 amide bonds. The van der Waals surface area contributed by atoms with Crippen LogP contribution in [-0.4, -0.2) is 35.8 Å². The summed E-state index contributed by atoms with van der Waals surface area (Å²) in [7, 11) is 0. The molecule has 4 nitrogen and oxygen atoms in total. The van der Waals surface area contributed by atoms with Gasteiger partial charge in [0.2, 0.25) is 11.8 Å². The van der Waals surface area contributed by atoms with Crippen LogP contribution in [0.5, 0.6) is 0 Å². The van der Waals surface area contributed by atoms with Gasteiger partial charge >= 0.3 is 0 Å². The second-order valence-corrected chi connectivity index (χ2v) is 8.73. The van der Waals surface area contributed by atoms with E-state index in [0.717, 1.165) is 25.7 Å². The fraction of sp³-hybridized carbons (Fsp3) is 0.583. The number of amides is 2. The molecule has 4 heteroatoms. The zero-order chi connectivity index (χ0) is 20.1. The Kier molecular flexibility index (Phi) is 6.93. The molecule has 1 aliphatic carbocycles. The predicted molar refractivity (Wildman–Crippen MR) is 114 cm³/mol. The summed E-state index contributed by atoms with van der Waals surface area (Å²) in [6.07, 6.45) is 7.38. The lowest BCUT2D eigenvalue weighted by molar-refractivity contribution is -0.139. The van der Waals surface area contributed by atoms with Crippen LogP contribution in [0.3, 0.4) is 0 Å². The second kappa shape index (κ2) is 9.40. The van der Waals surface area contributed by atoms with E-state index in [0.29, 0.717) is 19.0 Å². The molecule has 0 unspecified atom stereocenters. The van der Waals surface area contributed by atoms with Crippen molar-refractivity contribution >= 4 is 17.4 Å². The number of carbonyl (C=O) groups excluding carboxylic acids is 2. The molecule has 1 aromatic carbocycles. The highest BCUT2D eigenvalue weighted by Gasteiger charge is 2.34. The molecule has 1 fully saturated rings. The summed E-state index contributed by atoms with van der Waals surface area (Å²) in [6.45, 7) is 7.52. The van der Waals surface area contributed by atoms with Crippen molar-refractivity contribution in [2.45, 2.75) is 58.9 Å². The molecule has 1 aromatic rings. The van der Waals surface area contributed by atoms with Crippen molar-refractivity contribution in [3.05, 3.63) is 42.0 Å². The smallest absolute Gasteiger partial charge is 0.245 e. The molecule has 1 aliphatic heterocycles. The molecule has 3 atom stereocenters. The van der Waals surface area contributed by atoms with Gasteiger partial charge in [-0.25, -0.2) is 0 Å². The molecule has 152 valence electrons. The third kappa shape index (κ3) is 4.84. The van der Waals surface area contributed by atoms with Gasteiger partial charge in [0.25, 0.3) is 0 Å². The van der Waals surface area contributed by atoms with Crippen LogP contribution in [0.4, 0.5) is 0 Å². The lowest BCUT2D eigenvalue weighted by atomic mass is 9.79. The standard InChI is InChI=1S/C24H34N2O2/c1-17(2)22(25-23(27)21-12-8-7-9-18(21)3)24(28)26-15-13-20(14-16-26)19-10-5-4-6-11-19/h4-6,10-11,13,17-18,21-22H,7-9,12,14-16H2,1-3H3,(H,25,27)/t18-,21+,22+/m1/s1. The lowest BCUT2D eigenvalue weighted by Gasteiger charge is -2.34. The Morgan fingerprint density at radius 3 is 2.43 bits per heavy atom. The zero-order valence-corrected chi connectivity index (χ0v) is 17.5. The number of benzene rings is 1. The van der Waals surface area contributed by atoms with Gasteiger partial charge in [-0.2, -0.15) is 0 Å². The molecule has 0 saturated heterocycles. The molecule has 1 N–H and O–H groups in total. The Morgan fingerprint density at radius 2 is 1.82 bits per heavy atom. The molecule has 0 spiro atoms. The normalized spacial score (nSPS) is 23.9. The largest absolute Gasteiger partial charge is 0.344 e. The van der Waals surface area contributed by atoms with Crippen molar-refractivity contribution < 1.29 is 9.59 Å². The highest BCUT2D eigenvalue weighted by molar-refractivity contribution is 5.89. The van der Waals surface area contributed by atoms with Gasteiger partial charge in [-0.05, 0) is 42.2 Å². The van der Waals surface area contributed by atoms with E-state index in [9.17, 15) is 9.59 Å². The van der Waals surface area contributed by atoms with E-state index >= 15 is 0 Å². The Balaban J connectivity index is 1.63. The number of nitrogens with one attached hydrogen (secondary N) is 1. The van der Waals surface area contributed by atoms with Gasteiger partial charge in [-0.15, -0.1) is 0 Å². The first-order valence-electron chi connectivity index (χ1n) is 10.8. The van der Waals surface area contributed by atoms with Crippen LogP contribution in [0.15, 0.2) is 36.4 Å². The van der Waals surface area contributed by atoms with E-state index < -0.39 is 6.04 Å². The molecule has 1 heterocycles. The number of hydrogen-bond acceptors (Lipinski definition) is 2. The SMILES string of the molecule is CC(C)[C@H](NC(=O)[C@H]1CCCC[C@H]1C)C(=O)N1CC=C(c2ccccc2)CC1. The van der Waals surface area contributed by atoms with Gasteiger partial charge in [0, 0.05) is 19.0 Å². The minimum Gasteiger partial charge on any atom is -0.344 e. The van der Waals surface area contributed by atoms with Crippen molar-refractivity contribution in [2.24, 2.45) is 17.8 Å². The highest BCUT2D eigenvalue weighted by Crippen LogP contribution is 2.30. The maximum atomic E-state index is 13.2. The Hall–Kier alpha value is -2.10. The quantitative estimate of drug-likeness (QED) is 0.827. The van der Waals surface area contributed by atoms with Crippen LogP contribution >= 0.6 is 0 Å². The van der Waals surface area contributed by atoms with Gasteiger partial charge in [-0.3, -0.25) is 9.59 Å². The van der Waals surface area contributed by atoms with Gasteiger partial charge in [0.1, 0.15) is 6.04 Å². The zero-order valence-electron chi connectivity index (χ0n) is 17.5. The average Bonchev–Trinajstić information content (AvgIpc) is 2.72. The lowest BCUT2D eigenvalue weighted by Crippen LogP contribution is -2.53. The Bertz CT molecular complexity index is 711. The van der Waals surface area contributed by atoms with E-state index in [1.165, 1.54) is 17.6 Å². The van der Waals surface area contributed by atoms with Crippen molar-refractivity contribution in [3.8, 4) is 0 Å². The predicted octanol–water partition coefficient (Wildman–Crippen LogP) is 4.27. The van der Waals surface area contributed by atoms with Crippen LogP contribution in [0.2, 0.25) is 0 Å². The minimum atomic E-state index is -0.437. The average molecular weight is 383 g/mol. The summed E-state index contributed by atoms with van der Waals surface area (Å²) in [6, 6.07) is 9.91. The summed E-state index contributed by atoms with van der Waals surface area (Å²) in [4.78, 5) is 27.9. The number of rotatable bonds is 5. The van der Waals surface area contributed by atoms with Crippen LogP contribution in [0.1, 0.15) is 58.4 Å². The fourth-order valence-corrected chi connectivity index (χ4v) is 4.46. The molecule has 0 bridgehead atoms. The summed E-state index contributed by atoms with van der Waals surface area (Å²) >= 11 is 0. The minimum absolute atomic E-state index is 0.0498. The van der Waals surface area contributed by atoms with Gasteiger partial charge in [0.05, 0.1) is 0 Å². The van der Waals surface area contributed by atoms with Gasteiger partial charge in [-0.1, -0.05) is 70.0 Å². The fourth-order valence-electron chi connectivity index (χ4n) is 4.46. The molecular weight excluding hydrogens is 348 g/mol. The van der Waals surface area contributed by atoms with Crippen LogP contribution in [0.25, 0.3) is 5.57 Å². The van der Waals surface area contributed by atoms with Crippen molar-refractivity contribution in [1.82, 2.24) is 10.2 Å². The molecule has 1 saturated carbocycles. The van der Waals surface area contributed by atoms with E-state index in [2.05, 4.69) is 30.4 Å². The number of nitrogens with zero attached hydrogens (tertiary/aromatic N) is 1. The summed E-state index contributed by atoms with van der Waals surface area (Å²) in [5.41, 5.74) is 2.53. The van der Waals surface area contributed by atoms with Gasteiger partial charge < -0.3 is 10.2 Å². The third-order valence-electron chi connectivity index (χ3n) is 6.34. The maximum absolute atomic E-state index is 13.2. The topological polar surface area (TPSA) is 49.4 Å². The van der Waals surface area contributed by atoms with Crippen LogP contribution in [0, 0.1) is 17.8 Å². The Labute approximate surface area is 169 Å². The van der Waals surface area contributed by atoms with E-state index in [4.69, 9.17) is 0 Å². The van der Waals surface area contributed by atoms with Crippen LogP contribution in [-0.2, 0) is 9.59 Å². The molecule has 3 rings (SSSR count). The second-order valence-electron chi connectivity index (χ2n) is 8.73. The monoisotopic (exact) mass is 382 g/mol. The summed E-state index contributed by atoms with van der Waals surface area (Å²) < 4.78 is 0. The molecule has 0 radical (unpaired) electrons. The maximum Gasteiger partial charge on any atom is 0.245 e. The summed E-state index contributed by atoms with van der Waals surface area (Å²) in [5, 5.41) is 3.11. The molecular formula is C24H34N2O2. The van der Waals surface area contributed by atoms with E-state index in [1.54, 1.807) is 0 Å². The van der Waals surface area contributed by atoms with E-state index in [-0.39, 0.29) is 23.7 Å². The van der Waals surface area contributed by atoms with Crippen molar-refractivity contribution in [2.75, 3.05) is 13.1 Å². The van der Waals surface area contributed by atoms with E-state index in [1.807, 2.05) is 36.9 Å². The first-order chi connectivity index (χ1) is 13.5. The van der Waals surface area contributed by atoms with Gasteiger partial charge in [0.15, 0.2) is 0 Å². The first-order valence-corrected chi connectivity index (χ1v) is 10.8. The Morgan fingerprint density at radius 1 is 1.11 bits per heavy atom. The molecule has 28 heavy (non-hydrogen) atoms. The van der Waals surface area contributed by atoms with Crippen molar-refractivity contribution in [1.29, 1.82) is 0 Å². The number of hydrogen-bond donors (Lipinski definition) is 1. The van der Waals surface area contributed by atoms with Crippen LogP contribution < -0.4 is 5.32 Å².